The maximum Gasteiger partial charge on any atom is 0.264 e. The lowest BCUT2D eigenvalue weighted by Gasteiger charge is -2.12. The van der Waals surface area contributed by atoms with Crippen LogP contribution < -0.4 is 9.46 Å². The first kappa shape index (κ1) is 19.0. The summed E-state index contributed by atoms with van der Waals surface area (Å²) in [6.45, 7) is 7.18. The van der Waals surface area contributed by atoms with Crippen molar-refractivity contribution in [2.45, 2.75) is 39.0 Å². The second-order valence-corrected chi connectivity index (χ2v) is 7.85. The van der Waals surface area contributed by atoms with Crippen LogP contribution in [0.1, 0.15) is 29.7 Å². The molecule has 0 atom stereocenters. The molecule has 8 nitrogen and oxygen atoms in total. The van der Waals surface area contributed by atoms with Gasteiger partial charge in [-0.25, -0.2) is 8.42 Å². The molecular formula is C18H22N4O4S. The van der Waals surface area contributed by atoms with Crippen molar-refractivity contribution in [3.8, 4) is 17.2 Å². The van der Waals surface area contributed by atoms with Crippen LogP contribution >= 0.6 is 0 Å². The SMILES string of the molecule is CCc1noc(-c2c(C)[nH]c(C)c2S(=O)(=O)Nc2ccc(OC)cc2C)n1. The summed E-state index contributed by atoms with van der Waals surface area (Å²) >= 11 is 0. The fraction of sp³-hybridized carbons (Fsp3) is 0.333. The summed E-state index contributed by atoms with van der Waals surface area (Å²) in [5.41, 5.74) is 2.75. The van der Waals surface area contributed by atoms with Crippen LogP contribution in [0.15, 0.2) is 27.6 Å². The number of rotatable bonds is 6. The van der Waals surface area contributed by atoms with Gasteiger partial charge in [0, 0.05) is 17.8 Å². The Hall–Kier alpha value is -2.81. The Balaban J connectivity index is 2.07. The monoisotopic (exact) mass is 390 g/mol. The molecule has 0 spiro atoms. The smallest absolute Gasteiger partial charge is 0.264 e. The van der Waals surface area contributed by atoms with E-state index in [9.17, 15) is 8.42 Å². The van der Waals surface area contributed by atoms with E-state index in [4.69, 9.17) is 9.26 Å². The van der Waals surface area contributed by atoms with Crippen molar-refractivity contribution < 1.29 is 17.7 Å². The Bertz CT molecular complexity index is 1080. The number of nitrogens with one attached hydrogen (secondary N) is 2. The molecule has 3 aromatic rings. The molecule has 2 heterocycles. The van der Waals surface area contributed by atoms with Crippen molar-refractivity contribution >= 4 is 15.7 Å². The van der Waals surface area contributed by atoms with Crippen LogP contribution in [0.5, 0.6) is 5.75 Å². The number of sulfonamides is 1. The highest BCUT2D eigenvalue weighted by atomic mass is 32.2. The largest absolute Gasteiger partial charge is 0.497 e. The minimum Gasteiger partial charge on any atom is -0.497 e. The first-order valence-corrected chi connectivity index (χ1v) is 9.94. The Labute approximate surface area is 158 Å². The molecule has 0 aliphatic rings. The average Bonchev–Trinajstić information content (AvgIpc) is 3.20. The number of nitrogens with zero attached hydrogens (tertiary/aromatic N) is 2. The zero-order chi connectivity index (χ0) is 19.8. The molecule has 0 aliphatic heterocycles. The average molecular weight is 390 g/mol. The molecule has 2 aromatic heterocycles. The Kier molecular flexibility index (Phi) is 4.97. The first-order chi connectivity index (χ1) is 12.8. The van der Waals surface area contributed by atoms with E-state index in [2.05, 4.69) is 19.8 Å². The van der Waals surface area contributed by atoms with E-state index < -0.39 is 10.0 Å². The van der Waals surface area contributed by atoms with Gasteiger partial charge in [0.1, 0.15) is 10.6 Å². The van der Waals surface area contributed by atoms with E-state index in [0.29, 0.717) is 40.6 Å². The van der Waals surface area contributed by atoms with Crippen molar-refractivity contribution in [1.82, 2.24) is 15.1 Å². The van der Waals surface area contributed by atoms with E-state index in [-0.39, 0.29) is 10.8 Å². The quantitative estimate of drug-likeness (QED) is 0.668. The van der Waals surface area contributed by atoms with E-state index >= 15 is 0 Å². The first-order valence-electron chi connectivity index (χ1n) is 8.46. The number of H-pyrrole nitrogens is 1. The van der Waals surface area contributed by atoms with E-state index in [1.54, 1.807) is 39.2 Å². The normalized spacial score (nSPS) is 11.6. The van der Waals surface area contributed by atoms with Crippen LogP contribution in [0.4, 0.5) is 5.69 Å². The standard InChI is InChI=1S/C18H22N4O4S/c1-6-15-20-18(26-21-15)16-11(3)19-12(4)17(16)27(23,24)22-14-8-7-13(25-5)9-10(14)2/h7-9,19,22H,6H2,1-5H3. The van der Waals surface area contributed by atoms with E-state index in [1.807, 2.05) is 13.8 Å². The summed E-state index contributed by atoms with van der Waals surface area (Å²) in [5.74, 6) is 1.36. The Morgan fingerprint density at radius 2 is 1.96 bits per heavy atom. The number of aromatic amines is 1. The molecular weight excluding hydrogens is 368 g/mol. The number of benzene rings is 1. The van der Waals surface area contributed by atoms with Crippen LogP contribution in [-0.2, 0) is 16.4 Å². The summed E-state index contributed by atoms with van der Waals surface area (Å²) < 4.78 is 39.4. The van der Waals surface area contributed by atoms with Gasteiger partial charge in [0.05, 0.1) is 18.4 Å². The predicted octanol–water partition coefficient (Wildman–Crippen LogP) is 3.36. The number of hydrogen-bond donors (Lipinski definition) is 2. The highest BCUT2D eigenvalue weighted by Crippen LogP contribution is 2.34. The molecule has 0 fully saturated rings. The molecule has 0 bridgehead atoms. The van der Waals surface area contributed by atoms with Gasteiger partial charge in [-0.1, -0.05) is 12.1 Å². The van der Waals surface area contributed by atoms with Crippen molar-refractivity contribution in [3.05, 3.63) is 41.0 Å². The number of hydrogen-bond acceptors (Lipinski definition) is 6. The third kappa shape index (κ3) is 3.55. The summed E-state index contributed by atoms with van der Waals surface area (Å²) in [7, 11) is -2.33. The van der Waals surface area contributed by atoms with Gasteiger partial charge >= 0.3 is 0 Å². The van der Waals surface area contributed by atoms with Crippen LogP contribution in [-0.4, -0.2) is 30.7 Å². The second-order valence-electron chi connectivity index (χ2n) is 6.23. The van der Waals surface area contributed by atoms with Crippen molar-refractivity contribution in [2.75, 3.05) is 11.8 Å². The summed E-state index contributed by atoms with van der Waals surface area (Å²) in [5, 5.41) is 3.87. The minimum atomic E-state index is -3.89. The fourth-order valence-electron chi connectivity index (χ4n) is 2.92. The van der Waals surface area contributed by atoms with Gasteiger partial charge in [-0.15, -0.1) is 0 Å². The van der Waals surface area contributed by atoms with Crippen molar-refractivity contribution in [3.63, 3.8) is 0 Å². The zero-order valence-corrected chi connectivity index (χ0v) is 16.7. The molecule has 0 unspecified atom stereocenters. The van der Waals surface area contributed by atoms with E-state index in [1.165, 1.54) is 0 Å². The predicted molar refractivity (Wildman–Crippen MR) is 101 cm³/mol. The summed E-state index contributed by atoms with van der Waals surface area (Å²) in [6.07, 6.45) is 0.595. The third-order valence-electron chi connectivity index (χ3n) is 4.26. The van der Waals surface area contributed by atoms with Gasteiger partial charge in [0.2, 0.25) is 0 Å². The molecule has 1 aromatic carbocycles. The van der Waals surface area contributed by atoms with Crippen LogP contribution in [0.2, 0.25) is 0 Å². The lowest BCUT2D eigenvalue weighted by molar-refractivity contribution is 0.414. The molecule has 0 saturated carbocycles. The molecule has 3 rings (SSSR count). The number of aromatic nitrogens is 3. The maximum atomic E-state index is 13.2. The topological polar surface area (TPSA) is 110 Å². The van der Waals surface area contributed by atoms with Gasteiger partial charge < -0.3 is 14.2 Å². The number of methoxy groups -OCH3 is 1. The molecule has 0 saturated heterocycles. The number of anilines is 1. The van der Waals surface area contributed by atoms with Gasteiger partial charge in [-0.3, -0.25) is 4.72 Å². The Morgan fingerprint density at radius 1 is 1.22 bits per heavy atom. The molecule has 9 heteroatoms. The highest BCUT2D eigenvalue weighted by Gasteiger charge is 2.29. The number of ether oxygens (including phenoxy) is 1. The fourth-order valence-corrected chi connectivity index (χ4v) is 4.51. The molecule has 2 N–H and O–H groups in total. The van der Waals surface area contributed by atoms with E-state index in [0.717, 1.165) is 5.56 Å². The summed E-state index contributed by atoms with van der Waals surface area (Å²) in [6, 6.07) is 5.13. The minimum absolute atomic E-state index is 0.0986. The molecule has 0 amide bonds. The molecule has 27 heavy (non-hydrogen) atoms. The molecule has 144 valence electrons. The van der Waals surface area contributed by atoms with Gasteiger partial charge in [0.15, 0.2) is 5.82 Å². The lowest BCUT2D eigenvalue weighted by Crippen LogP contribution is -2.15. The van der Waals surface area contributed by atoms with Gasteiger partial charge in [-0.05, 0) is 44.5 Å². The number of aryl methyl sites for hydroxylation is 4. The summed E-state index contributed by atoms with van der Waals surface area (Å²) in [4.78, 5) is 7.45. The maximum absolute atomic E-state index is 13.2. The third-order valence-corrected chi connectivity index (χ3v) is 5.80. The molecule has 0 radical (unpaired) electrons. The Morgan fingerprint density at radius 3 is 2.56 bits per heavy atom. The highest BCUT2D eigenvalue weighted by molar-refractivity contribution is 7.93. The van der Waals surface area contributed by atoms with Crippen LogP contribution in [0, 0.1) is 20.8 Å². The van der Waals surface area contributed by atoms with Crippen molar-refractivity contribution in [1.29, 1.82) is 0 Å². The van der Waals surface area contributed by atoms with Crippen LogP contribution in [0.3, 0.4) is 0 Å². The van der Waals surface area contributed by atoms with Gasteiger partial charge in [0.25, 0.3) is 15.9 Å². The lowest BCUT2D eigenvalue weighted by atomic mass is 10.2. The zero-order valence-electron chi connectivity index (χ0n) is 15.9. The second kappa shape index (κ2) is 7.07. The van der Waals surface area contributed by atoms with Gasteiger partial charge in [-0.2, -0.15) is 4.98 Å². The van der Waals surface area contributed by atoms with Crippen LogP contribution in [0.25, 0.3) is 11.5 Å². The molecule has 0 aliphatic carbocycles. The van der Waals surface area contributed by atoms with Crippen molar-refractivity contribution in [2.24, 2.45) is 0 Å².